The predicted molar refractivity (Wildman–Crippen MR) is 92.8 cm³/mol. The first-order chi connectivity index (χ1) is 10.9. The fraction of sp³-hybridized carbons (Fsp3) is 0.550. The van der Waals surface area contributed by atoms with Gasteiger partial charge >= 0.3 is 5.97 Å². The number of rotatable bonds is 2. The van der Waals surface area contributed by atoms with Gasteiger partial charge in [-0.25, -0.2) is 0 Å². The van der Waals surface area contributed by atoms with Crippen LogP contribution in [0.1, 0.15) is 40.0 Å². The molecule has 0 saturated carbocycles. The lowest BCUT2D eigenvalue weighted by molar-refractivity contribution is -0.150. The number of esters is 1. The van der Waals surface area contributed by atoms with E-state index in [2.05, 4.69) is 44.7 Å². The van der Waals surface area contributed by atoms with Crippen molar-refractivity contribution in [1.82, 2.24) is 0 Å². The summed E-state index contributed by atoms with van der Waals surface area (Å²) in [4.78, 5) is 12.3. The van der Waals surface area contributed by atoms with Gasteiger partial charge in [-0.2, -0.15) is 0 Å². The van der Waals surface area contributed by atoms with Crippen molar-refractivity contribution in [3.8, 4) is 0 Å². The summed E-state index contributed by atoms with van der Waals surface area (Å²) < 4.78 is 5.39. The highest BCUT2D eigenvalue weighted by molar-refractivity contribution is 5.78. The number of hydrogen-bond acceptors (Lipinski definition) is 3. The van der Waals surface area contributed by atoms with E-state index in [-0.39, 0.29) is 17.8 Å². The lowest BCUT2D eigenvalue weighted by Gasteiger charge is -2.33. The molecule has 1 aliphatic heterocycles. The SMILES string of the molecule is C=C1CCC(O)C(C)=CCC2C(=CC=CC(C)C)COC(=O)C12. The van der Waals surface area contributed by atoms with Crippen LogP contribution in [0, 0.1) is 17.8 Å². The standard InChI is InChI=1S/C20H28O3/c1-13(2)6-5-7-16-12-23-20(22)19-15(4)9-11-18(21)14(3)8-10-17(16)19/h5-8,13,17-19,21H,4,9-12H2,1-3H3. The fourth-order valence-corrected chi connectivity index (χ4v) is 3.20. The Labute approximate surface area is 139 Å². The van der Waals surface area contributed by atoms with Gasteiger partial charge < -0.3 is 9.84 Å². The van der Waals surface area contributed by atoms with Crippen LogP contribution in [0.15, 0.2) is 47.6 Å². The lowest BCUT2D eigenvalue weighted by atomic mass is 9.77. The van der Waals surface area contributed by atoms with Gasteiger partial charge in [-0.3, -0.25) is 4.79 Å². The maximum Gasteiger partial charge on any atom is 0.314 e. The molecular weight excluding hydrogens is 288 g/mol. The van der Waals surface area contributed by atoms with Crippen LogP contribution in [0.4, 0.5) is 0 Å². The summed E-state index contributed by atoms with van der Waals surface area (Å²) in [5.74, 6) is 0.103. The van der Waals surface area contributed by atoms with Crippen LogP contribution in [0.25, 0.3) is 0 Å². The molecular formula is C20H28O3. The van der Waals surface area contributed by atoms with Gasteiger partial charge in [-0.05, 0) is 43.3 Å². The number of ether oxygens (including phenoxy) is 1. The van der Waals surface area contributed by atoms with Crippen molar-refractivity contribution >= 4 is 5.97 Å². The van der Waals surface area contributed by atoms with Gasteiger partial charge in [0.2, 0.25) is 0 Å². The van der Waals surface area contributed by atoms with Crippen LogP contribution in [0.2, 0.25) is 0 Å². The Hall–Kier alpha value is -1.61. The quantitative estimate of drug-likeness (QED) is 0.619. The van der Waals surface area contributed by atoms with Gasteiger partial charge in [-0.1, -0.05) is 50.3 Å². The molecule has 3 heteroatoms. The molecule has 0 aromatic heterocycles. The fourth-order valence-electron chi connectivity index (χ4n) is 3.20. The molecule has 2 aliphatic rings. The monoisotopic (exact) mass is 316 g/mol. The highest BCUT2D eigenvalue weighted by atomic mass is 16.5. The molecule has 0 radical (unpaired) electrons. The Morgan fingerprint density at radius 2 is 2.17 bits per heavy atom. The number of aliphatic hydroxyl groups excluding tert-OH is 1. The summed E-state index contributed by atoms with van der Waals surface area (Å²) in [5, 5.41) is 10.1. The highest BCUT2D eigenvalue weighted by Crippen LogP contribution is 2.38. The molecule has 3 nitrogen and oxygen atoms in total. The summed E-state index contributed by atoms with van der Waals surface area (Å²) in [6.45, 7) is 10.7. The first kappa shape index (κ1) is 17.7. The van der Waals surface area contributed by atoms with Gasteiger partial charge in [0.05, 0.1) is 12.0 Å². The highest BCUT2D eigenvalue weighted by Gasteiger charge is 2.38. The molecule has 1 saturated heterocycles. The van der Waals surface area contributed by atoms with E-state index in [9.17, 15) is 9.90 Å². The summed E-state index contributed by atoms with van der Waals surface area (Å²) in [7, 11) is 0. The first-order valence-electron chi connectivity index (χ1n) is 8.46. The summed E-state index contributed by atoms with van der Waals surface area (Å²) >= 11 is 0. The molecule has 0 aromatic rings. The number of hydrogen-bond donors (Lipinski definition) is 1. The van der Waals surface area contributed by atoms with E-state index in [1.165, 1.54) is 0 Å². The minimum absolute atomic E-state index is 0.0841. The van der Waals surface area contributed by atoms with E-state index >= 15 is 0 Å². The third-order valence-corrected chi connectivity index (χ3v) is 4.72. The maximum atomic E-state index is 12.3. The van der Waals surface area contributed by atoms with E-state index in [4.69, 9.17) is 4.74 Å². The average molecular weight is 316 g/mol. The zero-order valence-electron chi connectivity index (χ0n) is 14.4. The van der Waals surface area contributed by atoms with E-state index < -0.39 is 6.10 Å². The number of aliphatic hydroxyl groups is 1. The molecule has 1 N–H and O–H groups in total. The second-order valence-electron chi connectivity index (χ2n) is 6.96. The summed E-state index contributed by atoms with van der Waals surface area (Å²) in [6, 6.07) is 0. The van der Waals surface area contributed by atoms with Gasteiger partial charge in [0, 0.05) is 5.92 Å². The van der Waals surface area contributed by atoms with Gasteiger partial charge in [0.25, 0.3) is 0 Å². The van der Waals surface area contributed by atoms with Crippen molar-refractivity contribution in [3.63, 3.8) is 0 Å². The minimum atomic E-state index is -0.448. The van der Waals surface area contributed by atoms with Crippen molar-refractivity contribution in [2.24, 2.45) is 17.8 Å². The number of fused-ring (bicyclic) bond motifs is 1. The van der Waals surface area contributed by atoms with E-state index in [0.29, 0.717) is 25.4 Å². The van der Waals surface area contributed by atoms with Crippen LogP contribution in [0.5, 0.6) is 0 Å². The van der Waals surface area contributed by atoms with E-state index in [1.807, 2.05) is 6.92 Å². The molecule has 1 heterocycles. The van der Waals surface area contributed by atoms with Crippen LogP contribution >= 0.6 is 0 Å². The van der Waals surface area contributed by atoms with Crippen LogP contribution in [-0.2, 0) is 9.53 Å². The molecule has 0 aromatic carbocycles. The topological polar surface area (TPSA) is 46.5 Å². The van der Waals surface area contributed by atoms with Crippen molar-refractivity contribution in [1.29, 1.82) is 0 Å². The molecule has 3 unspecified atom stereocenters. The van der Waals surface area contributed by atoms with Gasteiger partial charge in [0.1, 0.15) is 6.61 Å². The maximum absolute atomic E-state index is 12.3. The number of allylic oxidation sites excluding steroid dienone is 4. The normalized spacial score (nSPS) is 31.4. The molecule has 1 aliphatic carbocycles. The Kier molecular flexibility index (Phi) is 6.00. The van der Waals surface area contributed by atoms with E-state index in [1.54, 1.807) is 0 Å². The van der Waals surface area contributed by atoms with Crippen molar-refractivity contribution < 1.29 is 14.6 Å². The number of carbonyl (C=O) groups excluding carboxylic acids is 1. The lowest BCUT2D eigenvalue weighted by Crippen LogP contribution is -2.35. The van der Waals surface area contributed by atoms with Crippen molar-refractivity contribution in [3.05, 3.63) is 47.6 Å². The molecule has 0 bridgehead atoms. The second kappa shape index (κ2) is 7.78. The smallest absolute Gasteiger partial charge is 0.314 e. The van der Waals surface area contributed by atoms with Crippen LogP contribution in [-0.4, -0.2) is 23.8 Å². The van der Waals surface area contributed by atoms with Crippen molar-refractivity contribution in [2.75, 3.05) is 6.61 Å². The average Bonchev–Trinajstić information content (AvgIpc) is 2.55. The molecule has 2 rings (SSSR count). The van der Waals surface area contributed by atoms with Gasteiger partial charge in [-0.15, -0.1) is 0 Å². The zero-order chi connectivity index (χ0) is 17.0. The largest absolute Gasteiger partial charge is 0.461 e. The van der Waals surface area contributed by atoms with Crippen LogP contribution in [0.3, 0.4) is 0 Å². The predicted octanol–water partition coefficient (Wildman–Crippen LogP) is 3.96. The molecule has 3 atom stereocenters. The molecule has 0 amide bonds. The molecule has 0 spiro atoms. The first-order valence-corrected chi connectivity index (χ1v) is 8.46. The summed E-state index contributed by atoms with van der Waals surface area (Å²) in [5.41, 5.74) is 2.99. The van der Waals surface area contributed by atoms with Crippen molar-refractivity contribution in [2.45, 2.75) is 46.1 Å². The Morgan fingerprint density at radius 3 is 2.87 bits per heavy atom. The Balaban J connectivity index is 2.33. The second-order valence-corrected chi connectivity index (χ2v) is 6.96. The zero-order valence-corrected chi connectivity index (χ0v) is 14.4. The third kappa shape index (κ3) is 4.44. The Bertz CT molecular complexity index is 551. The van der Waals surface area contributed by atoms with E-state index in [0.717, 1.165) is 23.1 Å². The number of cyclic esters (lactones) is 1. The minimum Gasteiger partial charge on any atom is -0.461 e. The molecule has 1 fully saturated rings. The molecule has 23 heavy (non-hydrogen) atoms. The Morgan fingerprint density at radius 1 is 1.43 bits per heavy atom. The summed E-state index contributed by atoms with van der Waals surface area (Å²) in [6.07, 6.45) is 9.89. The molecule has 126 valence electrons. The third-order valence-electron chi connectivity index (χ3n) is 4.72. The number of carbonyl (C=O) groups is 1. The van der Waals surface area contributed by atoms with Gasteiger partial charge in [0.15, 0.2) is 0 Å². The van der Waals surface area contributed by atoms with Crippen LogP contribution < -0.4 is 0 Å².